The van der Waals surface area contributed by atoms with Gasteiger partial charge in [0.05, 0.1) is 9.40 Å². The Kier molecular flexibility index (Phi) is 5.76. The van der Waals surface area contributed by atoms with Crippen LogP contribution in [-0.2, 0) is 6.42 Å². The monoisotopic (exact) mass is 354 g/mol. The maximum Gasteiger partial charge on any atom is 0.283 e. The standard InChI is InChI=1S/C16H23BrN2O2/c1-3-18-14-8-7-11(2)9-13(14)10-12-5-4-6-15(16(12)17)19(20)21/h4-6,11,13-14,18H,3,7-10H2,1-2H3. The van der Waals surface area contributed by atoms with Crippen LogP contribution in [0.5, 0.6) is 0 Å². The highest BCUT2D eigenvalue weighted by molar-refractivity contribution is 9.10. The molecule has 1 saturated carbocycles. The maximum atomic E-state index is 11.0. The van der Waals surface area contributed by atoms with Gasteiger partial charge in [0, 0.05) is 12.1 Å². The lowest BCUT2D eigenvalue weighted by molar-refractivity contribution is -0.385. The molecule has 21 heavy (non-hydrogen) atoms. The lowest BCUT2D eigenvalue weighted by Gasteiger charge is -2.35. The zero-order valence-electron chi connectivity index (χ0n) is 12.6. The van der Waals surface area contributed by atoms with Crippen LogP contribution in [-0.4, -0.2) is 17.5 Å². The quantitative estimate of drug-likeness (QED) is 0.632. The number of hydrogen-bond donors (Lipinski definition) is 1. The Bertz CT molecular complexity index is 507. The van der Waals surface area contributed by atoms with Gasteiger partial charge in [-0.1, -0.05) is 26.0 Å². The molecule has 0 bridgehead atoms. The largest absolute Gasteiger partial charge is 0.314 e. The third-order valence-corrected chi connectivity index (χ3v) is 5.36. The van der Waals surface area contributed by atoms with Crippen molar-refractivity contribution in [2.75, 3.05) is 6.54 Å². The van der Waals surface area contributed by atoms with Crippen LogP contribution in [0.1, 0.15) is 38.7 Å². The fourth-order valence-corrected chi connectivity index (χ4v) is 3.97. The molecule has 0 aromatic heterocycles. The summed E-state index contributed by atoms with van der Waals surface area (Å²) in [6.45, 7) is 5.42. The van der Waals surface area contributed by atoms with Crippen molar-refractivity contribution in [1.82, 2.24) is 5.32 Å². The van der Waals surface area contributed by atoms with Gasteiger partial charge in [0.15, 0.2) is 0 Å². The minimum absolute atomic E-state index is 0.163. The van der Waals surface area contributed by atoms with E-state index in [4.69, 9.17) is 0 Å². The van der Waals surface area contributed by atoms with E-state index in [0.717, 1.165) is 24.4 Å². The Morgan fingerprint density at radius 1 is 1.43 bits per heavy atom. The van der Waals surface area contributed by atoms with E-state index in [0.29, 0.717) is 16.4 Å². The molecule has 116 valence electrons. The van der Waals surface area contributed by atoms with Crippen LogP contribution in [0.15, 0.2) is 22.7 Å². The summed E-state index contributed by atoms with van der Waals surface area (Å²) in [7, 11) is 0. The molecule has 3 atom stereocenters. The van der Waals surface area contributed by atoms with Gasteiger partial charge in [0.25, 0.3) is 5.69 Å². The predicted molar refractivity (Wildman–Crippen MR) is 88.5 cm³/mol. The molecular weight excluding hydrogens is 332 g/mol. The SMILES string of the molecule is CCNC1CCC(C)CC1Cc1cccc([N+](=O)[O-])c1Br. The van der Waals surface area contributed by atoms with E-state index in [1.54, 1.807) is 12.1 Å². The van der Waals surface area contributed by atoms with Gasteiger partial charge < -0.3 is 5.32 Å². The molecule has 1 aliphatic rings. The first-order valence-electron chi connectivity index (χ1n) is 7.68. The molecule has 0 saturated heterocycles. The van der Waals surface area contributed by atoms with Crippen molar-refractivity contribution >= 4 is 21.6 Å². The Morgan fingerprint density at radius 3 is 2.86 bits per heavy atom. The van der Waals surface area contributed by atoms with E-state index in [1.165, 1.54) is 19.3 Å². The van der Waals surface area contributed by atoms with Crippen LogP contribution < -0.4 is 5.32 Å². The van der Waals surface area contributed by atoms with E-state index in [-0.39, 0.29) is 10.6 Å². The van der Waals surface area contributed by atoms with Crippen LogP contribution in [0.3, 0.4) is 0 Å². The highest BCUT2D eigenvalue weighted by Gasteiger charge is 2.29. The molecule has 5 heteroatoms. The second-order valence-corrected chi connectivity index (χ2v) is 6.85. The normalized spacial score (nSPS) is 25.8. The number of hydrogen-bond acceptors (Lipinski definition) is 3. The molecule has 1 aromatic carbocycles. The topological polar surface area (TPSA) is 55.2 Å². The van der Waals surface area contributed by atoms with Crippen molar-refractivity contribution in [1.29, 1.82) is 0 Å². The maximum absolute atomic E-state index is 11.0. The van der Waals surface area contributed by atoms with Gasteiger partial charge >= 0.3 is 0 Å². The van der Waals surface area contributed by atoms with Crippen LogP contribution in [0.25, 0.3) is 0 Å². The third kappa shape index (κ3) is 4.04. The van der Waals surface area contributed by atoms with Crippen molar-refractivity contribution in [3.63, 3.8) is 0 Å². The van der Waals surface area contributed by atoms with E-state index in [1.807, 2.05) is 6.07 Å². The molecule has 3 unspecified atom stereocenters. The van der Waals surface area contributed by atoms with Crippen LogP contribution in [0.2, 0.25) is 0 Å². The van der Waals surface area contributed by atoms with Gasteiger partial charge in [-0.3, -0.25) is 10.1 Å². The Labute approximate surface area is 134 Å². The van der Waals surface area contributed by atoms with E-state index in [2.05, 4.69) is 35.1 Å². The predicted octanol–water partition coefficient (Wildman–Crippen LogP) is 4.31. The summed E-state index contributed by atoms with van der Waals surface area (Å²) in [5, 5.41) is 14.6. The van der Waals surface area contributed by atoms with Gasteiger partial charge in [-0.05, 0) is 65.6 Å². The van der Waals surface area contributed by atoms with Crippen molar-refractivity contribution in [3.05, 3.63) is 38.3 Å². The summed E-state index contributed by atoms with van der Waals surface area (Å²) in [6, 6.07) is 5.86. The Hall–Kier alpha value is -0.940. The molecule has 0 radical (unpaired) electrons. The molecule has 2 rings (SSSR count). The van der Waals surface area contributed by atoms with Gasteiger partial charge in [0.1, 0.15) is 0 Å². The van der Waals surface area contributed by atoms with Crippen molar-refractivity contribution in [3.8, 4) is 0 Å². The molecule has 1 N–H and O–H groups in total. The molecule has 0 spiro atoms. The van der Waals surface area contributed by atoms with Gasteiger partial charge in [-0.25, -0.2) is 0 Å². The van der Waals surface area contributed by atoms with Crippen molar-refractivity contribution < 1.29 is 4.92 Å². The highest BCUT2D eigenvalue weighted by Crippen LogP contribution is 2.35. The van der Waals surface area contributed by atoms with Crippen molar-refractivity contribution in [2.45, 2.75) is 45.6 Å². The smallest absolute Gasteiger partial charge is 0.283 e. The molecule has 1 aliphatic carbocycles. The first-order chi connectivity index (χ1) is 10.0. The molecule has 0 amide bonds. The summed E-state index contributed by atoms with van der Waals surface area (Å²) in [4.78, 5) is 10.7. The molecular formula is C16H23BrN2O2. The highest BCUT2D eigenvalue weighted by atomic mass is 79.9. The average Bonchev–Trinajstić information content (AvgIpc) is 2.44. The molecule has 0 heterocycles. The van der Waals surface area contributed by atoms with Crippen LogP contribution >= 0.6 is 15.9 Å². The summed E-state index contributed by atoms with van der Waals surface area (Å²) in [6.07, 6.45) is 4.55. The minimum atomic E-state index is -0.321. The lowest BCUT2D eigenvalue weighted by atomic mass is 9.76. The first-order valence-corrected chi connectivity index (χ1v) is 8.47. The summed E-state index contributed by atoms with van der Waals surface area (Å²) in [5.74, 6) is 1.29. The Morgan fingerprint density at radius 2 is 2.19 bits per heavy atom. The number of halogens is 1. The van der Waals surface area contributed by atoms with E-state index in [9.17, 15) is 10.1 Å². The van der Waals surface area contributed by atoms with Crippen LogP contribution in [0, 0.1) is 22.0 Å². The number of benzene rings is 1. The summed E-state index contributed by atoms with van der Waals surface area (Å²) < 4.78 is 0.642. The molecule has 0 aliphatic heterocycles. The van der Waals surface area contributed by atoms with Crippen LogP contribution in [0.4, 0.5) is 5.69 Å². The minimum Gasteiger partial charge on any atom is -0.314 e. The fraction of sp³-hybridized carbons (Fsp3) is 0.625. The second kappa shape index (κ2) is 7.36. The molecule has 1 aromatic rings. The average molecular weight is 355 g/mol. The summed E-state index contributed by atoms with van der Waals surface area (Å²) >= 11 is 3.42. The number of nitrogens with zero attached hydrogens (tertiary/aromatic N) is 1. The van der Waals surface area contributed by atoms with Gasteiger partial charge in [-0.15, -0.1) is 0 Å². The molecule has 4 nitrogen and oxygen atoms in total. The van der Waals surface area contributed by atoms with Crippen molar-refractivity contribution in [2.24, 2.45) is 11.8 Å². The third-order valence-electron chi connectivity index (χ3n) is 4.45. The lowest BCUT2D eigenvalue weighted by Crippen LogP contribution is -2.41. The van der Waals surface area contributed by atoms with Gasteiger partial charge in [-0.2, -0.15) is 0 Å². The zero-order chi connectivity index (χ0) is 15.4. The summed E-state index contributed by atoms with van der Waals surface area (Å²) in [5.41, 5.74) is 1.21. The molecule has 1 fully saturated rings. The number of nitro groups is 1. The van der Waals surface area contributed by atoms with Gasteiger partial charge in [0.2, 0.25) is 0 Å². The number of nitro benzene ring substituents is 1. The second-order valence-electron chi connectivity index (χ2n) is 6.05. The zero-order valence-corrected chi connectivity index (χ0v) is 14.2. The number of rotatable bonds is 5. The van der Waals surface area contributed by atoms with E-state index < -0.39 is 0 Å². The fourth-order valence-electron chi connectivity index (χ4n) is 3.40. The first kappa shape index (κ1) is 16.4. The number of nitrogens with one attached hydrogen (secondary N) is 1. The van der Waals surface area contributed by atoms with E-state index >= 15 is 0 Å². The Balaban J connectivity index is 2.18.